The van der Waals surface area contributed by atoms with Crippen molar-refractivity contribution in [1.82, 2.24) is 4.98 Å². The zero-order valence-electron chi connectivity index (χ0n) is 11.5. The molecule has 4 nitrogen and oxygen atoms in total. The van der Waals surface area contributed by atoms with Gasteiger partial charge in [0.1, 0.15) is 0 Å². The number of rotatable bonds is 2. The average molecular weight is 262 g/mol. The molecular formula is C15H22N2O2. The molecule has 3 atom stereocenters. The summed E-state index contributed by atoms with van der Waals surface area (Å²) >= 11 is 0. The van der Waals surface area contributed by atoms with Crippen molar-refractivity contribution in [2.45, 2.75) is 50.9 Å². The van der Waals surface area contributed by atoms with Gasteiger partial charge in [-0.3, -0.25) is 4.98 Å². The number of aromatic nitrogens is 1. The van der Waals surface area contributed by atoms with Gasteiger partial charge >= 0.3 is 0 Å². The van der Waals surface area contributed by atoms with Crippen molar-refractivity contribution >= 4 is 5.69 Å². The highest BCUT2D eigenvalue weighted by Crippen LogP contribution is 2.31. The zero-order chi connectivity index (χ0) is 13.2. The van der Waals surface area contributed by atoms with Crippen LogP contribution in [0.1, 0.15) is 44.4 Å². The third kappa shape index (κ3) is 2.60. The summed E-state index contributed by atoms with van der Waals surface area (Å²) in [5.41, 5.74) is 1.89. The minimum Gasteiger partial charge on any atom is -0.387 e. The zero-order valence-corrected chi connectivity index (χ0v) is 11.5. The van der Waals surface area contributed by atoms with E-state index in [1.165, 1.54) is 25.7 Å². The number of aliphatic hydroxyl groups is 1. The van der Waals surface area contributed by atoms with Crippen molar-refractivity contribution in [2.24, 2.45) is 0 Å². The van der Waals surface area contributed by atoms with Crippen molar-refractivity contribution in [3.05, 3.63) is 24.0 Å². The van der Waals surface area contributed by atoms with Gasteiger partial charge in [0.05, 0.1) is 42.4 Å². The van der Waals surface area contributed by atoms with Gasteiger partial charge in [-0.1, -0.05) is 12.8 Å². The van der Waals surface area contributed by atoms with Gasteiger partial charge in [0.15, 0.2) is 0 Å². The number of fused-ring (bicyclic) bond motifs is 1. The van der Waals surface area contributed by atoms with Gasteiger partial charge in [-0.25, -0.2) is 0 Å². The monoisotopic (exact) mass is 262 g/mol. The minimum absolute atomic E-state index is 0.388. The molecule has 3 rings (SSSR count). The van der Waals surface area contributed by atoms with Crippen molar-refractivity contribution in [2.75, 3.05) is 18.1 Å². The molecule has 0 amide bonds. The van der Waals surface area contributed by atoms with Gasteiger partial charge in [-0.05, 0) is 31.9 Å². The van der Waals surface area contributed by atoms with Crippen LogP contribution in [0.4, 0.5) is 5.69 Å². The van der Waals surface area contributed by atoms with E-state index in [4.69, 9.17) is 4.74 Å². The van der Waals surface area contributed by atoms with Crippen LogP contribution < -0.4 is 4.90 Å². The number of pyridine rings is 1. The SMILES string of the molecule is C[C@@H](O)c1ccc(N2CCOC3CCCCC32)cn1. The number of anilines is 1. The summed E-state index contributed by atoms with van der Waals surface area (Å²) in [5.74, 6) is 0. The molecule has 0 radical (unpaired) electrons. The Morgan fingerprint density at radius 1 is 1.37 bits per heavy atom. The molecule has 0 aromatic carbocycles. The Labute approximate surface area is 114 Å². The lowest BCUT2D eigenvalue weighted by atomic mass is 9.90. The second-order valence-corrected chi connectivity index (χ2v) is 5.57. The standard InChI is InChI=1S/C15H22N2O2/c1-11(18)13-7-6-12(10-16-13)17-8-9-19-15-5-3-2-4-14(15)17/h6-7,10-11,14-15,18H,2-5,8-9H2,1H3/t11-,14?,15?/m1/s1. The van der Waals surface area contributed by atoms with Gasteiger partial charge in [0, 0.05) is 6.54 Å². The first-order chi connectivity index (χ1) is 9.25. The first kappa shape index (κ1) is 12.9. The lowest BCUT2D eigenvalue weighted by molar-refractivity contribution is -0.00870. The number of hydrogen-bond donors (Lipinski definition) is 1. The van der Waals surface area contributed by atoms with E-state index in [1.807, 2.05) is 12.3 Å². The third-order valence-corrected chi connectivity index (χ3v) is 4.26. The van der Waals surface area contributed by atoms with E-state index < -0.39 is 6.10 Å². The summed E-state index contributed by atoms with van der Waals surface area (Å²) in [6.07, 6.45) is 6.75. The molecule has 2 heterocycles. The first-order valence-electron chi connectivity index (χ1n) is 7.28. The Bertz CT molecular complexity index is 417. The van der Waals surface area contributed by atoms with E-state index in [-0.39, 0.29) is 0 Å². The molecule has 0 spiro atoms. The largest absolute Gasteiger partial charge is 0.387 e. The van der Waals surface area contributed by atoms with Crippen LogP contribution in [0.25, 0.3) is 0 Å². The Balaban J connectivity index is 1.79. The Morgan fingerprint density at radius 3 is 2.95 bits per heavy atom. The summed E-state index contributed by atoms with van der Waals surface area (Å²) in [5, 5.41) is 9.52. The van der Waals surface area contributed by atoms with Crippen LogP contribution in [0, 0.1) is 0 Å². The summed E-state index contributed by atoms with van der Waals surface area (Å²) in [4.78, 5) is 6.80. The Kier molecular flexibility index (Phi) is 3.71. The number of aliphatic hydroxyl groups excluding tert-OH is 1. The van der Waals surface area contributed by atoms with E-state index in [0.29, 0.717) is 12.1 Å². The normalized spacial score (nSPS) is 28.8. The number of ether oxygens (including phenoxy) is 1. The molecule has 104 valence electrons. The smallest absolute Gasteiger partial charge is 0.0931 e. The van der Waals surface area contributed by atoms with Gasteiger partial charge in [0.25, 0.3) is 0 Å². The van der Waals surface area contributed by atoms with Crippen LogP contribution in [0.3, 0.4) is 0 Å². The fourth-order valence-corrected chi connectivity index (χ4v) is 3.23. The molecule has 19 heavy (non-hydrogen) atoms. The van der Waals surface area contributed by atoms with Gasteiger partial charge in [-0.2, -0.15) is 0 Å². The van der Waals surface area contributed by atoms with Crippen molar-refractivity contribution in [1.29, 1.82) is 0 Å². The van der Waals surface area contributed by atoms with E-state index in [1.54, 1.807) is 6.92 Å². The molecule has 1 saturated carbocycles. The molecule has 1 aliphatic carbocycles. The summed E-state index contributed by atoms with van der Waals surface area (Å²) in [7, 11) is 0. The van der Waals surface area contributed by atoms with E-state index in [2.05, 4.69) is 16.0 Å². The van der Waals surface area contributed by atoms with Crippen LogP contribution in [0.2, 0.25) is 0 Å². The van der Waals surface area contributed by atoms with Gasteiger partial charge in [-0.15, -0.1) is 0 Å². The molecule has 1 aromatic rings. The average Bonchev–Trinajstić information content (AvgIpc) is 2.47. The Morgan fingerprint density at radius 2 is 2.21 bits per heavy atom. The second-order valence-electron chi connectivity index (χ2n) is 5.57. The first-order valence-corrected chi connectivity index (χ1v) is 7.28. The third-order valence-electron chi connectivity index (χ3n) is 4.26. The molecular weight excluding hydrogens is 240 g/mol. The van der Waals surface area contributed by atoms with Gasteiger partial charge in [0.2, 0.25) is 0 Å². The second kappa shape index (κ2) is 5.47. The fraction of sp³-hybridized carbons (Fsp3) is 0.667. The highest BCUT2D eigenvalue weighted by atomic mass is 16.5. The summed E-state index contributed by atoms with van der Waals surface area (Å²) in [6, 6.07) is 4.50. The maximum atomic E-state index is 9.52. The maximum Gasteiger partial charge on any atom is 0.0931 e. The molecule has 1 N–H and O–H groups in total. The van der Waals surface area contributed by atoms with Crippen LogP contribution in [0.15, 0.2) is 18.3 Å². The molecule has 0 bridgehead atoms. The lowest BCUT2D eigenvalue weighted by Gasteiger charge is -2.45. The summed E-state index contributed by atoms with van der Waals surface area (Å²) < 4.78 is 5.89. The molecule has 2 aliphatic rings. The van der Waals surface area contributed by atoms with E-state index in [9.17, 15) is 5.11 Å². The number of nitrogens with zero attached hydrogens (tertiary/aromatic N) is 2. The quantitative estimate of drug-likeness (QED) is 0.888. The van der Waals surface area contributed by atoms with Crippen LogP contribution in [0.5, 0.6) is 0 Å². The van der Waals surface area contributed by atoms with Crippen molar-refractivity contribution < 1.29 is 9.84 Å². The molecule has 4 heteroatoms. The highest BCUT2D eigenvalue weighted by molar-refractivity contribution is 5.46. The highest BCUT2D eigenvalue weighted by Gasteiger charge is 2.34. The fourth-order valence-electron chi connectivity index (χ4n) is 3.23. The molecule has 1 saturated heterocycles. The Hall–Kier alpha value is -1.13. The molecule has 1 aromatic heterocycles. The van der Waals surface area contributed by atoms with Crippen LogP contribution in [-0.4, -0.2) is 35.4 Å². The molecule has 2 unspecified atom stereocenters. The van der Waals surface area contributed by atoms with E-state index >= 15 is 0 Å². The number of morpholine rings is 1. The molecule has 1 aliphatic heterocycles. The van der Waals surface area contributed by atoms with Crippen LogP contribution in [-0.2, 0) is 4.74 Å². The van der Waals surface area contributed by atoms with E-state index in [0.717, 1.165) is 24.5 Å². The van der Waals surface area contributed by atoms with Gasteiger partial charge < -0.3 is 14.7 Å². The molecule has 2 fully saturated rings. The van der Waals surface area contributed by atoms with Crippen LogP contribution >= 0.6 is 0 Å². The minimum atomic E-state index is -0.499. The lowest BCUT2D eigenvalue weighted by Crippen LogP contribution is -2.52. The van der Waals surface area contributed by atoms with Crippen molar-refractivity contribution in [3.8, 4) is 0 Å². The topological polar surface area (TPSA) is 45.6 Å². The maximum absolute atomic E-state index is 9.52. The van der Waals surface area contributed by atoms with Crippen molar-refractivity contribution in [3.63, 3.8) is 0 Å². The number of hydrogen-bond acceptors (Lipinski definition) is 4. The predicted molar refractivity (Wildman–Crippen MR) is 74.2 cm³/mol. The predicted octanol–water partition coefficient (Wildman–Crippen LogP) is 2.28. The summed E-state index contributed by atoms with van der Waals surface area (Å²) in [6.45, 7) is 3.49.